The summed E-state index contributed by atoms with van der Waals surface area (Å²) in [5.41, 5.74) is -0.450. The molecule has 16 heavy (non-hydrogen) atoms. The molecule has 0 aliphatic rings. The Bertz CT molecular complexity index is 264. The maximum Gasteiger partial charge on any atom is 0.331 e. The van der Waals surface area contributed by atoms with Crippen LogP contribution in [0.25, 0.3) is 0 Å². The first-order valence-electron chi connectivity index (χ1n) is 5.63. The normalized spacial score (nSPS) is 11.7. The molecule has 0 aliphatic carbocycles. The van der Waals surface area contributed by atoms with E-state index in [-0.39, 0.29) is 0 Å². The number of rotatable bonds is 7. The van der Waals surface area contributed by atoms with Gasteiger partial charge in [0.05, 0.1) is 0 Å². The van der Waals surface area contributed by atoms with Crippen LogP contribution in [0.5, 0.6) is 0 Å². The van der Waals surface area contributed by atoms with E-state index >= 15 is 0 Å². The van der Waals surface area contributed by atoms with E-state index in [9.17, 15) is 9.59 Å². The summed E-state index contributed by atoms with van der Waals surface area (Å²) in [4.78, 5) is 21.6. The SMILES string of the molecule is CCCC(CC)(CC)OC(=O)/C=C\C(=O)O. The molecule has 0 radical (unpaired) electrons. The Morgan fingerprint density at radius 2 is 1.75 bits per heavy atom. The molecule has 0 saturated heterocycles. The molecule has 0 atom stereocenters. The van der Waals surface area contributed by atoms with Crippen molar-refractivity contribution in [2.45, 2.75) is 52.1 Å². The van der Waals surface area contributed by atoms with Gasteiger partial charge in [-0.15, -0.1) is 0 Å². The Balaban J connectivity index is 4.50. The highest BCUT2D eigenvalue weighted by molar-refractivity contribution is 5.90. The Morgan fingerprint density at radius 3 is 2.12 bits per heavy atom. The zero-order valence-electron chi connectivity index (χ0n) is 10.2. The molecular weight excluding hydrogens is 208 g/mol. The van der Waals surface area contributed by atoms with Crippen molar-refractivity contribution in [1.82, 2.24) is 0 Å². The monoisotopic (exact) mass is 228 g/mol. The van der Waals surface area contributed by atoms with E-state index in [1.54, 1.807) is 0 Å². The summed E-state index contributed by atoms with van der Waals surface area (Å²) < 4.78 is 5.34. The van der Waals surface area contributed by atoms with E-state index in [2.05, 4.69) is 0 Å². The van der Waals surface area contributed by atoms with Crippen LogP contribution in [-0.4, -0.2) is 22.6 Å². The summed E-state index contributed by atoms with van der Waals surface area (Å²) in [6, 6.07) is 0. The van der Waals surface area contributed by atoms with Crippen LogP contribution in [0.1, 0.15) is 46.5 Å². The molecule has 0 unspecified atom stereocenters. The number of carbonyl (C=O) groups is 2. The standard InChI is InChI=1S/C12H20O4/c1-4-9-12(5-2,6-3)16-11(15)8-7-10(13)14/h7-8H,4-6,9H2,1-3H3,(H,13,14)/b8-7-. The van der Waals surface area contributed by atoms with Crippen molar-refractivity contribution in [3.63, 3.8) is 0 Å². The number of carboxylic acids is 1. The Hall–Kier alpha value is -1.32. The second-order valence-electron chi connectivity index (χ2n) is 3.73. The van der Waals surface area contributed by atoms with Crippen LogP contribution >= 0.6 is 0 Å². The molecule has 0 aliphatic heterocycles. The van der Waals surface area contributed by atoms with Crippen molar-refractivity contribution >= 4 is 11.9 Å². The minimum atomic E-state index is -1.15. The highest BCUT2D eigenvalue weighted by atomic mass is 16.6. The van der Waals surface area contributed by atoms with Crippen LogP contribution in [-0.2, 0) is 14.3 Å². The maximum absolute atomic E-state index is 11.4. The van der Waals surface area contributed by atoms with Crippen molar-refractivity contribution < 1.29 is 19.4 Å². The first-order chi connectivity index (χ1) is 7.49. The van der Waals surface area contributed by atoms with Gasteiger partial charge >= 0.3 is 11.9 Å². The van der Waals surface area contributed by atoms with Crippen LogP contribution in [0.3, 0.4) is 0 Å². The van der Waals surface area contributed by atoms with Gasteiger partial charge in [-0.05, 0) is 19.3 Å². The third-order valence-corrected chi connectivity index (χ3v) is 2.67. The summed E-state index contributed by atoms with van der Waals surface area (Å²) in [5.74, 6) is -1.73. The molecule has 0 amide bonds. The Morgan fingerprint density at radius 1 is 1.19 bits per heavy atom. The zero-order chi connectivity index (χ0) is 12.6. The summed E-state index contributed by atoms with van der Waals surface area (Å²) >= 11 is 0. The molecule has 0 rings (SSSR count). The summed E-state index contributed by atoms with van der Waals surface area (Å²) in [7, 11) is 0. The van der Waals surface area contributed by atoms with Gasteiger partial charge < -0.3 is 9.84 Å². The number of aliphatic carboxylic acids is 1. The van der Waals surface area contributed by atoms with E-state index in [0.717, 1.165) is 37.8 Å². The van der Waals surface area contributed by atoms with Crippen LogP contribution in [0.2, 0.25) is 0 Å². The topological polar surface area (TPSA) is 63.6 Å². The van der Waals surface area contributed by atoms with Crippen molar-refractivity contribution in [2.75, 3.05) is 0 Å². The average Bonchev–Trinajstić information content (AvgIpc) is 2.25. The average molecular weight is 228 g/mol. The molecule has 1 N–H and O–H groups in total. The van der Waals surface area contributed by atoms with Gasteiger partial charge in [-0.25, -0.2) is 9.59 Å². The molecule has 0 fully saturated rings. The van der Waals surface area contributed by atoms with Gasteiger partial charge in [0.2, 0.25) is 0 Å². The minimum Gasteiger partial charge on any atom is -0.478 e. The number of esters is 1. The molecule has 0 aromatic heterocycles. The fraction of sp³-hybridized carbons (Fsp3) is 0.667. The second kappa shape index (κ2) is 7.04. The number of hydrogen-bond donors (Lipinski definition) is 1. The molecule has 4 nitrogen and oxygen atoms in total. The van der Waals surface area contributed by atoms with Gasteiger partial charge in [0.1, 0.15) is 5.60 Å². The lowest BCUT2D eigenvalue weighted by molar-refractivity contribution is -0.155. The molecule has 0 bridgehead atoms. The third kappa shape index (κ3) is 4.96. The first-order valence-corrected chi connectivity index (χ1v) is 5.63. The van der Waals surface area contributed by atoms with E-state index in [4.69, 9.17) is 9.84 Å². The molecule has 0 aromatic rings. The third-order valence-electron chi connectivity index (χ3n) is 2.67. The van der Waals surface area contributed by atoms with Crippen molar-refractivity contribution in [3.8, 4) is 0 Å². The Kier molecular flexibility index (Phi) is 6.46. The summed E-state index contributed by atoms with van der Waals surface area (Å²) in [5, 5.41) is 8.38. The highest BCUT2D eigenvalue weighted by Crippen LogP contribution is 2.26. The molecule has 0 spiro atoms. The lowest BCUT2D eigenvalue weighted by Gasteiger charge is -2.30. The largest absolute Gasteiger partial charge is 0.478 e. The van der Waals surface area contributed by atoms with Gasteiger partial charge in [0, 0.05) is 12.2 Å². The van der Waals surface area contributed by atoms with Crippen molar-refractivity contribution in [1.29, 1.82) is 0 Å². The van der Waals surface area contributed by atoms with Crippen molar-refractivity contribution in [2.24, 2.45) is 0 Å². The van der Waals surface area contributed by atoms with E-state index in [1.165, 1.54) is 0 Å². The van der Waals surface area contributed by atoms with Gasteiger partial charge in [-0.1, -0.05) is 27.2 Å². The minimum absolute atomic E-state index is 0.450. The highest BCUT2D eigenvalue weighted by Gasteiger charge is 2.28. The lowest BCUT2D eigenvalue weighted by atomic mass is 9.92. The maximum atomic E-state index is 11.4. The zero-order valence-corrected chi connectivity index (χ0v) is 10.2. The number of ether oxygens (including phenoxy) is 1. The smallest absolute Gasteiger partial charge is 0.331 e. The molecule has 4 heteroatoms. The second-order valence-corrected chi connectivity index (χ2v) is 3.73. The van der Waals surface area contributed by atoms with Crippen LogP contribution in [0.15, 0.2) is 12.2 Å². The molecule has 0 saturated carbocycles. The first kappa shape index (κ1) is 14.7. The predicted molar refractivity (Wildman–Crippen MR) is 61.1 cm³/mol. The van der Waals surface area contributed by atoms with Gasteiger partial charge in [0.25, 0.3) is 0 Å². The van der Waals surface area contributed by atoms with Crippen LogP contribution in [0, 0.1) is 0 Å². The van der Waals surface area contributed by atoms with Crippen molar-refractivity contribution in [3.05, 3.63) is 12.2 Å². The summed E-state index contributed by atoms with van der Waals surface area (Å²) in [6.45, 7) is 5.96. The molecule has 0 aromatic carbocycles. The lowest BCUT2D eigenvalue weighted by Crippen LogP contribution is -2.33. The quantitative estimate of drug-likeness (QED) is 0.537. The van der Waals surface area contributed by atoms with E-state index < -0.39 is 17.5 Å². The number of carbonyl (C=O) groups excluding carboxylic acids is 1. The van der Waals surface area contributed by atoms with E-state index in [0.29, 0.717) is 0 Å². The predicted octanol–water partition coefficient (Wildman–Crippen LogP) is 2.53. The molecule has 92 valence electrons. The van der Waals surface area contributed by atoms with Crippen LogP contribution in [0.4, 0.5) is 0 Å². The number of hydrogen-bond acceptors (Lipinski definition) is 3. The fourth-order valence-electron chi connectivity index (χ4n) is 1.64. The Labute approximate surface area is 96.3 Å². The van der Waals surface area contributed by atoms with Gasteiger partial charge in [-0.2, -0.15) is 0 Å². The van der Waals surface area contributed by atoms with Crippen LogP contribution < -0.4 is 0 Å². The molecule has 0 heterocycles. The van der Waals surface area contributed by atoms with Gasteiger partial charge in [0.15, 0.2) is 0 Å². The number of carboxylic acid groups (broad SMARTS) is 1. The fourth-order valence-corrected chi connectivity index (χ4v) is 1.64. The van der Waals surface area contributed by atoms with E-state index in [1.807, 2.05) is 20.8 Å². The molecular formula is C12H20O4. The summed E-state index contributed by atoms with van der Waals surface area (Å²) in [6.07, 6.45) is 4.96. The van der Waals surface area contributed by atoms with Gasteiger partial charge in [-0.3, -0.25) is 0 Å².